The topological polar surface area (TPSA) is 77.0 Å². The monoisotopic (exact) mass is 368 g/mol. The molecule has 2 atom stereocenters. The van der Waals surface area contributed by atoms with Gasteiger partial charge in [-0.1, -0.05) is 20.8 Å². The molecule has 1 aliphatic heterocycles. The molecular weight excluding hydrogens is 328 g/mol. The Bertz CT molecular complexity index is 426. The Hall–Kier alpha value is -1.30. The van der Waals surface area contributed by atoms with Gasteiger partial charge < -0.3 is 20.6 Å². The Labute approximate surface area is 159 Å². The number of carbonyl (C=O) groups excluding carboxylic acids is 1. The van der Waals surface area contributed by atoms with Crippen molar-refractivity contribution in [3.63, 3.8) is 0 Å². The molecule has 6 nitrogen and oxygen atoms in total. The van der Waals surface area contributed by atoms with E-state index in [2.05, 4.69) is 38.3 Å². The van der Waals surface area contributed by atoms with Crippen LogP contribution >= 0.6 is 0 Å². The van der Waals surface area contributed by atoms with Crippen LogP contribution < -0.4 is 10.6 Å². The zero-order valence-corrected chi connectivity index (χ0v) is 17.3. The maximum Gasteiger partial charge on any atom is 0.222 e. The van der Waals surface area contributed by atoms with E-state index in [4.69, 9.17) is 4.99 Å². The molecule has 0 spiro atoms. The second-order valence-corrected chi connectivity index (χ2v) is 7.70. The van der Waals surface area contributed by atoms with Gasteiger partial charge in [-0.25, -0.2) is 0 Å². The fraction of sp³-hybridized carbons (Fsp3) is 0.900. The summed E-state index contributed by atoms with van der Waals surface area (Å²) in [5.41, 5.74) is 0. The molecule has 0 aromatic carbocycles. The largest absolute Gasteiger partial charge is 0.396 e. The third kappa shape index (κ3) is 8.39. The van der Waals surface area contributed by atoms with E-state index >= 15 is 0 Å². The summed E-state index contributed by atoms with van der Waals surface area (Å²) in [4.78, 5) is 18.7. The van der Waals surface area contributed by atoms with E-state index in [9.17, 15) is 9.90 Å². The summed E-state index contributed by atoms with van der Waals surface area (Å²) < 4.78 is 0. The smallest absolute Gasteiger partial charge is 0.222 e. The normalized spacial score (nSPS) is 17.7. The summed E-state index contributed by atoms with van der Waals surface area (Å²) in [6, 6.07) is 0.323. The van der Waals surface area contributed by atoms with Gasteiger partial charge in [0.1, 0.15) is 0 Å². The first kappa shape index (κ1) is 22.7. The number of aliphatic hydroxyl groups is 1. The number of carbonyl (C=O) groups is 1. The van der Waals surface area contributed by atoms with Crippen LogP contribution in [0.15, 0.2) is 4.99 Å². The molecule has 0 radical (unpaired) electrons. The quantitative estimate of drug-likeness (QED) is 0.365. The summed E-state index contributed by atoms with van der Waals surface area (Å²) in [6.07, 6.45) is 5.52. The lowest BCUT2D eigenvalue weighted by Crippen LogP contribution is -2.42. The zero-order chi connectivity index (χ0) is 19.4. The predicted molar refractivity (Wildman–Crippen MR) is 108 cm³/mol. The zero-order valence-electron chi connectivity index (χ0n) is 17.3. The van der Waals surface area contributed by atoms with Crippen molar-refractivity contribution >= 4 is 11.9 Å². The van der Waals surface area contributed by atoms with E-state index in [-0.39, 0.29) is 6.61 Å². The van der Waals surface area contributed by atoms with Crippen LogP contribution in [-0.2, 0) is 4.79 Å². The lowest BCUT2D eigenvalue weighted by atomic mass is 9.94. The van der Waals surface area contributed by atoms with Gasteiger partial charge in [0.25, 0.3) is 0 Å². The number of hydrogen-bond acceptors (Lipinski definition) is 3. The highest BCUT2D eigenvalue weighted by atomic mass is 16.3. The molecule has 6 heteroatoms. The maximum atomic E-state index is 12.0. The van der Waals surface area contributed by atoms with Gasteiger partial charge in [-0.3, -0.25) is 9.79 Å². The van der Waals surface area contributed by atoms with Crippen LogP contribution in [-0.4, -0.2) is 60.7 Å². The van der Waals surface area contributed by atoms with Crippen LogP contribution in [0.25, 0.3) is 0 Å². The number of rotatable bonds is 12. The number of amides is 1. The number of aliphatic hydroxyl groups excluding tert-OH is 1. The number of guanidine groups is 1. The minimum atomic E-state index is 0.221. The summed E-state index contributed by atoms with van der Waals surface area (Å²) in [5.74, 6) is 2.17. The Morgan fingerprint density at radius 1 is 1.27 bits per heavy atom. The minimum absolute atomic E-state index is 0.221. The van der Waals surface area contributed by atoms with E-state index in [0.717, 1.165) is 64.2 Å². The summed E-state index contributed by atoms with van der Waals surface area (Å²) in [5, 5.41) is 16.0. The van der Waals surface area contributed by atoms with Gasteiger partial charge in [0, 0.05) is 45.2 Å². The summed E-state index contributed by atoms with van der Waals surface area (Å²) >= 11 is 0. The molecule has 0 bridgehead atoms. The van der Waals surface area contributed by atoms with Crippen LogP contribution in [0, 0.1) is 11.8 Å². The highest BCUT2D eigenvalue weighted by molar-refractivity contribution is 5.80. The molecule has 152 valence electrons. The highest BCUT2D eigenvalue weighted by Crippen LogP contribution is 2.18. The molecule has 0 aromatic heterocycles. The molecular formula is C20H40N4O2. The Kier molecular flexibility index (Phi) is 11.3. The van der Waals surface area contributed by atoms with Crippen molar-refractivity contribution in [2.24, 2.45) is 16.8 Å². The van der Waals surface area contributed by atoms with Gasteiger partial charge in [-0.05, 0) is 50.9 Å². The average Bonchev–Trinajstić information content (AvgIpc) is 3.02. The number of likely N-dealkylation sites (tertiary alicyclic amines) is 1. The van der Waals surface area contributed by atoms with E-state index in [1.54, 1.807) is 0 Å². The van der Waals surface area contributed by atoms with Gasteiger partial charge in [-0.2, -0.15) is 0 Å². The molecule has 0 aliphatic carbocycles. The van der Waals surface area contributed by atoms with Crippen molar-refractivity contribution in [2.45, 2.75) is 72.3 Å². The molecule has 0 aromatic rings. The molecule has 1 fully saturated rings. The van der Waals surface area contributed by atoms with E-state index in [0.29, 0.717) is 30.2 Å². The second kappa shape index (κ2) is 13.0. The predicted octanol–water partition coefficient (Wildman–Crippen LogP) is 2.38. The fourth-order valence-corrected chi connectivity index (χ4v) is 3.69. The standard InChI is InChI=1S/C20H40N4O2/c1-5-18(24-12-7-8-19(24)26)9-11-22-20(21-6-2)23-15-17(10-13-25)14-16(3)4/h16-18,25H,5-15H2,1-4H3,(H2,21,22,23). The highest BCUT2D eigenvalue weighted by Gasteiger charge is 2.26. The SMILES string of the molecule is CCNC(=NCC(CCO)CC(C)C)NCCC(CC)N1CCCC1=O. The van der Waals surface area contributed by atoms with Gasteiger partial charge in [-0.15, -0.1) is 0 Å². The van der Waals surface area contributed by atoms with E-state index in [1.165, 1.54) is 0 Å². The minimum Gasteiger partial charge on any atom is -0.396 e. The van der Waals surface area contributed by atoms with Crippen LogP contribution in [0.1, 0.15) is 66.2 Å². The Balaban J connectivity index is 2.50. The van der Waals surface area contributed by atoms with Gasteiger partial charge in [0.2, 0.25) is 5.91 Å². The molecule has 1 rings (SSSR count). The lowest BCUT2D eigenvalue weighted by Gasteiger charge is -2.27. The summed E-state index contributed by atoms with van der Waals surface area (Å²) in [7, 11) is 0. The van der Waals surface area contributed by atoms with Crippen molar-refractivity contribution in [3.8, 4) is 0 Å². The van der Waals surface area contributed by atoms with Crippen molar-refractivity contribution in [1.29, 1.82) is 0 Å². The molecule has 1 heterocycles. The first-order chi connectivity index (χ1) is 12.5. The first-order valence-electron chi connectivity index (χ1n) is 10.4. The van der Waals surface area contributed by atoms with Crippen LogP contribution in [0.4, 0.5) is 0 Å². The van der Waals surface area contributed by atoms with Gasteiger partial charge in [0.05, 0.1) is 0 Å². The molecule has 1 saturated heterocycles. The lowest BCUT2D eigenvalue weighted by molar-refractivity contribution is -0.129. The maximum absolute atomic E-state index is 12.0. The fourth-order valence-electron chi connectivity index (χ4n) is 3.69. The number of hydrogen-bond donors (Lipinski definition) is 3. The Morgan fingerprint density at radius 3 is 2.58 bits per heavy atom. The van der Waals surface area contributed by atoms with E-state index < -0.39 is 0 Å². The average molecular weight is 369 g/mol. The Morgan fingerprint density at radius 2 is 2.04 bits per heavy atom. The third-order valence-electron chi connectivity index (χ3n) is 4.99. The van der Waals surface area contributed by atoms with Crippen molar-refractivity contribution in [2.75, 3.05) is 32.8 Å². The van der Waals surface area contributed by atoms with Crippen LogP contribution in [0.2, 0.25) is 0 Å². The van der Waals surface area contributed by atoms with Gasteiger partial charge >= 0.3 is 0 Å². The summed E-state index contributed by atoms with van der Waals surface area (Å²) in [6.45, 7) is 12.1. The van der Waals surface area contributed by atoms with Crippen LogP contribution in [0.5, 0.6) is 0 Å². The molecule has 1 aliphatic rings. The second-order valence-electron chi connectivity index (χ2n) is 7.70. The van der Waals surface area contributed by atoms with Crippen LogP contribution in [0.3, 0.4) is 0 Å². The molecule has 2 unspecified atom stereocenters. The first-order valence-corrected chi connectivity index (χ1v) is 10.4. The van der Waals surface area contributed by atoms with Crippen molar-refractivity contribution < 1.29 is 9.90 Å². The number of nitrogens with zero attached hydrogens (tertiary/aromatic N) is 2. The molecule has 1 amide bonds. The molecule has 0 saturated carbocycles. The van der Waals surface area contributed by atoms with E-state index in [1.807, 2.05) is 4.90 Å². The molecule has 26 heavy (non-hydrogen) atoms. The van der Waals surface area contributed by atoms with Gasteiger partial charge in [0.15, 0.2) is 5.96 Å². The molecule has 3 N–H and O–H groups in total. The number of nitrogens with one attached hydrogen (secondary N) is 2. The van der Waals surface area contributed by atoms with Crippen molar-refractivity contribution in [1.82, 2.24) is 15.5 Å². The number of aliphatic imine (C=N–C) groups is 1. The van der Waals surface area contributed by atoms with Crippen molar-refractivity contribution in [3.05, 3.63) is 0 Å². The third-order valence-corrected chi connectivity index (χ3v) is 4.99.